The zero-order chi connectivity index (χ0) is 23.3. The third-order valence-electron chi connectivity index (χ3n) is 4.98. The summed E-state index contributed by atoms with van der Waals surface area (Å²) in [5.74, 6) is 0.957. The Balaban J connectivity index is 2.06. The molecule has 1 N–H and O–H groups in total. The van der Waals surface area contributed by atoms with Gasteiger partial charge in [0, 0.05) is 12.1 Å². The van der Waals surface area contributed by atoms with Crippen LogP contribution in [0, 0.1) is 0 Å². The van der Waals surface area contributed by atoms with Gasteiger partial charge < -0.3 is 24.3 Å². The Kier molecular flexibility index (Phi) is 7.48. The number of nitrogens with one attached hydrogen (secondary N) is 1. The van der Waals surface area contributed by atoms with Gasteiger partial charge in [0.2, 0.25) is 0 Å². The number of hydrogen-bond acceptors (Lipinski definition) is 6. The highest BCUT2D eigenvalue weighted by Crippen LogP contribution is 2.36. The van der Waals surface area contributed by atoms with Gasteiger partial charge in [-0.2, -0.15) is 0 Å². The Morgan fingerprint density at radius 2 is 1.88 bits per heavy atom. The third kappa shape index (κ3) is 4.91. The van der Waals surface area contributed by atoms with Crippen LogP contribution >= 0.6 is 11.6 Å². The molecule has 2 amide bonds. The zero-order valence-corrected chi connectivity index (χ0v) is 19.1. The van der Waals surface area contributed by atoms with E-state index in [-0.39, 0.29) is 24.8 Å². The highest BCUT2D eigenvalue weighted by Gasteiger charge is 2.37. The first-order valence-electron chi connectivity index (χ1n) is 9.94. The van der Waals surface area contributed by atoms with Gasteiger partial charge in [-0.15, -0.1) is 0 Å². The van der Waals surface area contributed by atoms with E-state index in [1.807, 2.05) is 0 Å². The van der Waals surface area contributed by atoms with Crippen molar-refractivity contribution in [3.05, 3.63) is 64.3 Å². The average molecular weight is 461 g/mol. The van der Waals surface area contributed by atoms with Crippen LogP contribution in [0.4, 0.5) is 4.79 Å². The first kappa shape index (κ1) is 23.3. The van der Waals surface area contributed by atoms with Crippen molar-refractivity contribution in [2.75, 3.05) is 34.5 Å². The van der Waals surface area contributed by atoms with E-state index >= 15 is 0 Å². The lowest BCUT2D eigenvalue weighted by atomic mass is 9.94. The van der Waals surface area contributed by atoms with Gasteiger partial charge in [-0.3, -0.25) is 4.90 Å². The number of carbonyl (C=O) groups excluding carboxylic acids is 2. The number of ether oxygens (including phenoxy) is 4. The van der Waals surface area contributed by atoms with Crippen molar-refractivity contribution in [3.63, 3.8) is 0 Å². The van der Waals surface area contributed by atoms with E-state index in [9.17, 15) is 9.59 Å². The van der Waals surface area contributed by atoms with Crippen LogP contribution in [0.5, 0.6) is 17.2 Å². The molecule has 0 unspecified atom stereocenters. The molecule has 0 saturated heterocycles. The van der Waals surface area contributed by atoms with Crippen molar-refractivity contribution >= 4 is 23.6 Å². The van der Waals surface area contributed by atoms with Gasteiger partial charge >= 0.3 is 12.0 Å². The number of carbonyl (C=O) groups is 2. The fourth-order valence-electron chi connectivity index (χ4n) is 3.37. The minimum absolute atomic E-state index is 0.0395. The van der Waals surface area contributed by atoms with Crippen molar-refractivity contribution in [1.82, 2.24) is 10.2 Å². The lowest BCUT2D eigenvalue weighted by molar-refractivity contribution is -0.139. The summed E-state index contributed by atoms with van der Waals surface area (Å²) in [6.07, 6.45) is 0. The second kappa shape index (κ2) is 10.3. The molecule has 2 aromatic rings. The van der Waals surface area contributed by atoms with E-state index in [0.29, 0.717) is 33.5 Å². The SMILES string of the molecule is CCOC(=O)C1=C(COc2cccc(Cl)c2)N(C)C(=O)N[C@@H]1c1ccc(OC)c(OC)c1. The van der Waals surface area contributed by atoms with E-state index in [4.69, 9.17) is 30.5 Å². The number of rotatable bonds is 8. The molecular weight excluding hydrogens is 436 g/mol. The predicted octanol–water partition coefficient (Wildman–Crippen LogP) is 3.95. The van der Waals surface area contributed by atoms with E-state index in [2.05, 4.69) is 5.32 Å². The van der Waals surface area contributed by atoms with Gasteiger partial charge in [0.15, 0.2) is 11.5 Å². The minimum Gasteiger partial charge on any atom is -0.493 e. The number of likely N-dealkylation sites (N-methyl/N-ethyl adjacent to an activating group) is 1. The van der Waals surface area contributed by atoms with Gasteiger partial charge in [-0.1, -0.05) is 23.7 Å². The predicted molar refractivity (Wildman–Crippen MR) is 119 cm³/mol. The maximum absolute atomic E-state index is 13.0. The van der Waals surface area contributed by atoms with Crippen LogP contribution in [-0.2, 0) is 9.53 Å². The van der Waals surface area contributed by atoms with Crippen LogP contribution in [0.25, 0.3) is 0 Å². The molecule has 8 nitrogen and oxygen atoms in total. The van der Waals surface area contributed by atoms with Gasteiger partial charge in [0.1, 0.15) is 12.4 Å². The topological polar surface area (TPSA) is 86.3 Å². The molecule has 9 heteroatoms. The quantitative estimate of drug-likeness (QED) is 0.600. The molecule has 1 atom stereocenters. The maximum atomic E-state index is 13.0. The molecule has 0 spiro atoms. The summed E-state index contributed by atoms with van der Waals surface area (Å²) in [6.45, 7) is 1.86. The van der Waals surface area contributed by atoms with Crippen LogP contribution in [0.15, 0.2) is 53.7 Å². The summed E-state index contributed by atoms with van der Waals surface area (Å²) >= 11 is 6.03. The standard InChI is InChI=1S/C23H25ClN2O6/c1-5-31-22(27)20-17(13-32-16-8-6-7-15(24)12-16)26(2)23(28)25-21(20)14-9-10-18(29-3)19(11-14)30-4/h6-12,21H,5,13H2,1-4H3,(H,25,28)/t21-/m1/s1. The van der Waals surface area contributed by atoms with Gasteiger partial charge in [-0.05, 0) is 42.8 Å². The van der Waals surface area contributed by atoms with Crippen molar-refractivity contribution in [2.45, 2.75) is 13.0 Å². The number of esters is 1. The molecule has 1 aliphatic rings. The molecule has 32 heavy (non-hydrogen) atoms. The summed E-state index contributed by atoms with van der Waals surface area (Å²) in [4.78, 5) is 27.1. The van der Waals surface area contributed by atoms with Crippen LogP contribution in [-0.4, -0.2) is 51.4 Å². The van der Waals surface area contributed by atoms with Crippen molar-refractivity contribution in [2.24, 2.45) is 0 Å². The Morgan fingerprint density at radius 3 is 2.53 bits per heavy atom. The first-order valence-corrected chi connectivity index (χ1v) is 10.3. The molecule has 0 fully saturated rings. The van der Waals surface area contributed by atoms with Gasteiger partial charge in [-0.25, -0.2) is 9.59 Å². The van der Waals surface area contributed by atoms with E-state index < -0.39 is 12.0 Å². The molecule has 0 aromatic heterocycles. The highest BCUT2D eigenvalue weighted by molar-refractivity contribution is 6.30. The Bertz CT molecular complexity index is 1040. The molecule has 3 rings (SSSR count). The molecule has 0 radical (unpaired) electrons. The minimum atomic E-state index is -0.768. The molecular formula is C23H25ClN2O6. The van der Waals surface area contributed by atoms with E-state index in [1.54, 1.807) is 56.4 Å². The number of benzene rings is 2. The maximum Gasteiger partial charge on any atom is 0.338 e. The number of amides is 2. The summed E-state index contributed by atoms with van der Waals surface area (Å²) in [6, 6.07) is 10.9. The summed E-state index contributed by atoms with van der Waals surface area (Å²) in [5, 5.41) is 3.37. The molecule has 0 aliphatic carbocycles. The second-order valence-corrected chi connectivity index (χ2v) is 7.32. The largest absolute Gasteiger partial charge is 0.493 e. The summed E-state index contributed by atoms with van der Waals surface area (Å²) in [7, 11) is 4.61. The molecule has 2 aromatic carbocycles. The third-order valence-corrected chi connectivity index (χ3v) is 5.22. The smallest absolute Gasteiger partial charge is 0.338 e. The Hall–Kier alpha value is -3.39. The lowest BCUT2D eigenvalue weighted by Gasteiger charge is -2.34. The Labute approximate surface area is 191 Å². The van der Waals surface area contributed by atoms with Crippen LogP contribution < -0.4 is 19.5 Å². The van der Waals surface area contributed by atoms with E-state index in [0.717, 1.165) is 0 Å². The van der Waals surface area contributed by atoms with Crippen LogP contribution in [0.1, 0.15) is 18.5 Å². The van der Waals surface area contributed by atoms with Crippen molar-refractivity contribution in [1.29, 1.82) is 0 Å². The van der Waals surface area contributed by atoms with Crippen LogP contribution in [0.3, 0.4) is 0 Å². The number of methoxy groups -OCH3 is 2. The fraction of sp³-hybridized carbons (Fsp3) is 0.304. The second-order valence-electron chi connectivity index (χ2n) is 6.88. The lowest BCUT2D eigenvalue weighted by Crippen LogP contribution is -2.48. The number of halogens is 1. The Morgan fingerprint density at radius 1 is 1.12 bits per heavy atom. The number of nitrogens with zero attached hydrogens (tertiary/aromatic N) is 1. The molecule has 0 saturated carbocycles. The van der Waals surface area contributed by atoms with Crippen molar-refractivity contribution < 1.29 is 28.5 Å². The number of hydrogen-bond donors (Lipinski definition) is 1. The normalized spacial score (nSPS) is 15.8. The van der Waals surface area contributed by atoms with Gasteiger partial charge in [0.05, 0.1) is 38.1 Å². The molecule has 170 valence electrons. The van der Waals surface area contributed by atoms with Crippen molar-refractivity contribution in [3.8, 4) is 17.2 Å². The average Bonchev–Trinajstić information content (AvgIpc) is 2.79. The van der Waals surface area contributed by atoms with E-state index in [1.165, 1.54) is 19.1 Å². The monoisotopic (exact) mass is 460 g/mol. The van der Waals surface area contributed by atoms with Crippen LogP contribution in [0.2, 0.25) is 5.02 Å². The highest BCUT2D eigenvalue weighted by atomic mass is 35.5. The fourth-order valence-corrected chi connectivity index (χ4v) is 3.55. The summed E-state index contributed by atoms with van der Waals surface area (Å²) < 4.78 is 21.8. The molecule has 0 bridgehead atoms. The van der Waals surface area contributed by atoms with Gasteiger partial charge in [0.25, 0.3) is 0 Å². The number of urea groups is 1. The first-order chi connectivity index (χ1) is 15.4. The summed E-state index contributed by atoms with van der Waals surface area (Å²) in [5.41, 5.74) is 1.28. The molecule has 1 aliphatic heterocycles. The zero-order valence-electron chi connectivity index (χ0n) is 18.3. The molecule has 1 heterocycles.